The Morgan fingerprint density at radius 1 is 0.205 bits per heavy atom. The third-order valence-corrected chi connectivity index (χ3v) is 10.4. The summed E-state index contributed by atoms with van der Waals surface area (Å²) >= 11 is 0. The van der Waals surface area contributed by atoms with Crippen LogP contribution in [-0.2, 0) is 118 Å². The average Bonchev–Trinajstić information content (AvgIpc) is 3.45. The minimum atomic E-state index is -3.71. The summed E-state index contributed by atoms with van der Waals surface area (Å²) in [6.45, 7) is 18.9. The Bertz CT molecular complexity index is 1120. The average molecular weight is 1160 g/mol. The van der Waals surface area contributed by atoms with Crippen LogP contribution in [0.4, 0.5) is 0 Å². The van der Waals surface area contributed by atoms with Gasteiger partial charge in [-0.25, -0.2) is 4.57 Å². The highest BCUT2D eigenvalue weighted by molar-refractivity contribution is 7.59. The summed E-state index contributed by atoms with van der Waals surface area (Å²) in [6.07, 6.45) is 5.38. The first kappa shape index (κ1) is 76.8. The van der Waals surface area contributed by atoms with E-state index in [-0.39, 0.29) is 39.6 Å². The summed E-state index contributed by atoms with van der Waals surface area (Å²) in [4.78, 5) is 0. The minimum absolute atomic E-state index is 0.00776. The first-order chi connectivity index (χ1) is 38.7. The number of hydrogen-bond acceptors (Lipinski definition) is 27. The van der Waals surface area contributed by atoms with E-state index in [0.29, 0.717) is 277 Å². The molecule has 0 heterocycles. The smallest absolute Gasteiger partial charge is 0.394 e. The number of rotatable bonds is 72. The third-order valence-electron chi connectivity index (χ3n) is 9.05. The highest BCUT2D eigenvalue weighted by Crippen LogP contribution is 2.46. The van der Waals surface area contributed by atoms with E-state index in [1.807, 2.05) is 0 Å². The Hall–Kier alpha value is -1.25. The van der Waals surface area contributed by atoms with Crippen LogP contribution in [0.25, 0.3) is 0 Å². The molecule has 0 aliphatic rings. The molecule has 0 aromatic heterocycles. The molecule has 27 nitrogen and oxygen atoms in total. The van der Waals surface area contributed by atoms with E-state index in [1.54, 1.807) is 0 Å². The Balaban J connectivity index is 3.27. The molecule has 0 atom stereocenters. The SMILES string of the molecule is C#CP(=O)(OCCOCCOCCOCCOCCOCCOCCOCCOCCOCCOCCOCCO)OCCOCCOCCOCCOCCOCCOCCOCCOCCOCCOCCOCCO. The molecule has 0 saturated carbocycles. The molecule has 0 unspecified atom stereocenters. The molecule has 0 fully saturated rings. The van der Waals surface area contributed by atoms with Crippen molar-refractivity contribution in [1.82, 2.24) is 0 Å². The molecule has 0 aliphatic carbocycles. The van der Waals surface area contributed by atoms with Crippen molar-refractivity contribution >= 4 is 7.60 Å². The summed E-state index contributed by atoms with van der Waals surface area (Å²) in [6, 6.07) is 0. The van der Waals surface area contributed by atoms with E-state index in [9.17, 15) is 4.57 Å². The van der Waals surface area contributed by atoms with Crippen LogP contribution in [0.15, 0.2) is 0 Å². The largest absolute Gasteiger partial charge is 0.405 e. The molecule has 0 saturated heterocycles. The molecule has 78 heavy (non-hydrogen) atoms. The summed E-state index contributed by atoms with van der Waals surface area (Å²) in [7, 11) is -3.71. The van der Waals surface area contributed by atoms with Gasteiger partial charge in [-0.05, 0) is 0 Å². The summed E-state index contributed by atoms with van der Waals surface area (Å²) in [5, 5.41) is 17.2. The van der Waals surface area contributed by atoms with Gasteiger partial charge in [-0.3, -0.25) is 9.05 Å². The van der Waals surface area contributed by atoms with E-state index in [1.165, 1.54) is 0 Å². The van der Waals surface area contributed by atoms with Crippen molar-refractivity contribution in [2.75, 3.05) is 317 Å². The Labute approximate surface area is 463 Å². The van der Waals surface area contributed by atoms with Crippen LogP contribution in [0.3, 0.4) is 0 Å². The summed E-state index contributed by atoms with van der Waals surface area (Å²) in [5.41, 5.74) is 2.09. The molecular formula is C50H99O27P. The molecule has 2 N–H and O–H groups in total. The van der Waals surface area contributed by atoms with Crippen molar-refractivity contribution in [2.45, 2.75) is 0 Å². The zero-order chi connectivity index (χ0) is 56.1. The topological polar surface area (TPSA) is 279 Å². The fraction of sp³-hybridized carbons (Fsp3) is 0.960. The Morgan fingerprint density at radius 3 is 0.410 bits per heavy atom. The zero-order valence-corrected chi connectivity index (χ0v) is 47.5. The minimum Gasteiger partial charge on any atom is -0.394 e. The van der Waals surface area contributed by atoms with Gasteiger partial charge in [-0.15, -0.1) is 6.42 Å². The second kappa shape index (κ2) is 70.0. The van der Waals surface area contributed by atoms with Gasteiger partial charge in [0.25, 0.3) is 0 Å². The van der Waals surface area contributed by atoms with Crippen molar-refractivity contribution in [3.05, 3.63) is 0 Å². The fourth-order valence-electron chi connectivity index (χ4n) is 5.28. The molecule has 0 aliphatic heterocycles. The van der Waals surface area contributed by atoms with Crippen molar-refractivity contribution in [1.29, 1.82) is 0 Å². The first-order valence-electron chi connectivity index (χ1n) is 27.0. The highest BCUT2D eigenvalue weighted by atomic mass is 31.2. The normalized spacial score (nSPS) is 11.9. The van der Waals surface area contributed by atoms with E-state index in [4.69, 9.17) is 130 Å². The predicted molar refractivity (Wildman–Crippen MR) is 281 cm³/mol. The van der Waals surface area contributed by atoms with Gasteiger partial charge in [0.05, 0.1) is 317 Å². The van der Waals surface area contributed by atoms with Gasteiger partial charge in [-0.1, -0.05) is 0 Å². The van der Waals surface area contributed by atoms with Gasteiger partial charge >= 0.3 is 7.60 Å². The van der Waals surface area contributed by atoms with Crippen LogP contribution in [0, 0.1) is 12.1 Å². The van der Waals surface area contributed by atoms with E-state index < -0.39 is 7.60 Å². The second-order valence-corrected chi connectivity index (χ2v) is 17.0. The molecule has 0 aromatic carbocycles. The molecule has 0 spiro atoms. The molecular weight excluding hydrogens is 1060 g/mol. The van der Waals surface area contributed by atoms with Crippen molar-refractivity contribution < 1.29 is 128 Å². The molecule has 0 bridgehead atoms. The molecule has 0 aromatic rings. The molecule has 466 valence electrons. The Morgan fingerprint density at radius 2 is 0.308 bits per heavy atom. The van der Waals surface area contributed by atoms with Crippen molar-refractivity contribution in [2.24, 2.45) is 0 Å². The third kappa shape index (κ3) is 67.3. The number of ether oxygens (including phenoxy) is 22. The molecule has 0 radical (unpaired) electrons. The van der Waals surface area contributed by atoms with Gasteiger partial charge in [0.15, 0.2) is 0 Å². The maximum atomic E-state index is 12.6. The van der Waals surface area contributed by atoms with E-state index in [2.05, 4.69) is 5.66 Å². The van der Waals surface area contributed by atoms with Gasteiger partial charge in [0.2, 0.25) is 0 Å². The quantitative estimate of drug-likeness (QED) is 0.0466. The predicted octanol–water partition coefficient (Wildman–Crippen LogP) is 0.153. The van der Waals surface area contributed by atoms with Crippen LogP contribution in [0.2, 0.25) is 0 Å². The van der Waals surface area contributed by atoms with Crippen LogP contribution in [0.5, 0.6) is 0 Å². The maximum Gasteiger partial charge on any atom is 0.405 e. The van der Waals surface area contributed by atoms with Crippen molar-refractivity contribution in [3.63, 3.8) is 0 Å². The first-order valence-corrected chi connectivity index (χ1v) is 28.5. The van der Waals surface area contributed by atoms with E-state index in [0.717, 1.165) is 0 Å². The standard InChI is InChI=1S/C50H99O27P/c1-2-78(53,76-49-47-74-45-43-72-41-39-70-37-35-68-33-31-66-29-27-64-25-23-62-21-19-60-17-15-58-13-11-56-9-7-54-5-3-51)77-50-48-75-46-44-73-42-40-71-38-36-69-34-32-67-30-28-65-26-24-63-22-20-61-18-16-59-14-12-57-10-8-55-6-4-52/h1,51-52H,3-50H2. The molecule has 0 amide bonds. The Kier molecular flexibility index (Phi) is 68.9. The maximum absolute atomic E-state index is 12.6. The lowest BCUT2D eigenvalue weighted by atomic mass is 10.6. The number of terminal acetylenes is 1. The molecule has 28 heteroatoms. The van der Waals surface area contributed by atoms with Gasteiger partial charge in [0, 0.05) is 5.66 Å². The van der Waals surface area contributed by atoms with Gasteiger partial charge in [-0.2, -0.15) is 0 Å². The number of aliphatic hydroxyl groups is 2. The zero-order valence-electron chi connectivity index (χ0n) is 46.6. The lowest BCUT2D eigenvalue weighted by molar-refractivity contribution is -0.0282. The van der Waals surface area contributed by atoms with Crippen LogP contribution < -0.4 is 0 Å². The van der Waals surface area contributed by atoms with Crippen LogP contribution >= 0.6 is 7.60 Å². The monoisotopic (exact) mass is 1160 g/mol. The van der Waals surface area contributed by atoms with Crippen LogP contribution in [0.1, 0.15) is 0 Å². The lowest BCUT2D eigenvalue weighted by Gasteiger charge is -2.13. The van der Waals surface area contributed by atoms with Crippen molar-refractivity contribution in [3.8, 4) is 12.1 Å². The van der Waals surface area contributed by atoms with Gasteiger partial charge < -0.3 is 114 Å². The molecule has 0 rings (SSSR count). The lowest BCUT2D eigenvalue weighted by Crippen LogP contribution is -2.15. The number of hydrogen-bond donors (Lipinski definition) is 2. The van der Waals surface area contributed by atoms with E-state index >= 15 is 0 Å². The number of aliphatic hydroxyl groups excluding tert-OH is 2. The van der Waals surface area contributed by atoms with Crippen LogP contribution in [-0.4, -0.2) is 327 Å². The highest BCUT2D eigenvalue weighted by Gasteiger charge is 2.21. The summed E-state index contributed by atoms with van der Waals surface area (Å²) in [5.74, 6) is 0. The second-order valence-electron chi connectivity index (χ2n) is 15.2. The fourth-order valence-corrected chi connectivity index (χ4v) is 6.13. The van der Waals surface area contributed by atoms with Gasteiger partial charge in [0.1, 0.15) is 0 Å². The summed E-state index contributed by atoms with van der Waals surface area (Å²) < 4.78 is 142.